The SMILES string of the molecule is CC(C)Oc1ccc2c(C(=O)NCC(=O)C3CCC[C@H]3B(O)O)ccnc2c1. The van der Waals surface area contributed by atoms with Crippen molar-refractivity contribution < 1.29 is 24.4 Å². The minimum absolute atomic E-state index is 0.0341. The molecule has 3 rings (SSSR count). The van der Waals surface area contributed by atoms with Crippen molar-refractivity contribution in [2.24, 2.45) is 5.92 Å². The molecule has 2 atom stereocenters. The molecule has 2 aromatic rings. The summed E-state index contributed by atoms with van der Waals surface area (Å²) in [6.45, 7) is 3.73. The summed E-state index contributed by atoms with van der Waals surface area (Å²) in [7, 11) is -1.50. The van der Waals surface area contributed by atoms with Crippen molar-refractivity contribution >= 4 is 29.7 Å². The van der Waals surface area contributed by atoms with Crippen LogP contribution in [0.4, 0.5) is 0 Å². The van der Waals surface area contributed by atoms with Crippen LogP contribution in [0.5, 0.6) is 5.75 Å². The summed E-state index contributed by atoms with van der Waals surface area (Å²) in [5, 5.41) is 22.2. The molecule has 1 aromatic heterocycles. The van der Waals surface area contributed by atoms with E-state index in [0.29, 0.717) is 35.1 Å². The molecule has 1 heterocycles. The highest BCUT2D eigenvalue weighted by molar-refractivity contribution is 6.44. The van der Waals surface area contributed by atoms with Gasteiger partial charge < -0.3 is 20.1 Å². The lowest BCUT2D eigenvalue weighted by molar-refractivity contribution is -0.121. The molecule has 0 aliphatic heterocycles. The molecule has 3 N–H and O–H groups in total. The number of hydrogen-bond donors (Lipinski definition) is 3. The topological polar surface area (TPSA) is 109 Å². The average Bonchev–Trinajstić information content (AvgIpc) is 3.15. The molecule has 1 aliphatic carbocycles. The lowest BCUT2D eigenvalue weighted by Crippen LogP contribution is -2.36. The standard InChI is InChI=1S/C20H25BN2O5/c1-12(2)28-13-6-7-14-15(8-9-22-18(14)10-13)20(25)23-11-19(24)16-4-3-5-17(16)21(26)27/h6-10,12,16-17,26-27H,3-5,11H2,1-2H3,(H,23,25)/t16?,17-/m1/s1. The average molecular weight is 384 g/mol. The third-order valence-corrected chi connectivity index (χ3v) is 5.12. The van der Waals surface area contributed by atoms with Crippen molar-refractivity contribution in [2.45, 2.75) is 45.0 Å². The molecule has 0 radical (unpaired) electrons. The highest BCUT2D eigenvalue weighted by atomic mass is 16.5. The van der Waals surface area contributed by atoms with E-state index in [2.05, 4.69) is 10.3 Å². The molecule has 0 bridgehead atoms. The highest BCUT2D eigenvalue weighted by Crippen LogP contribution is 2.38. The first-order chi connectivity index (χ1) is 13.4. The number of nitrogens with one attached hydrogen (secondary N) is 1. The number of pyridine rings is 1. The van der Waals surface area contributed by atoms with Gasteiger partial charge in [0.1, 0.15) is 5.75 Å². The van der Waals surface area contributed by atoms with E-state index in [4.69, 9.17) is 4.74 Å². The molecular formula is C20H25BN2O5. The number of carbonyl (C=O) groups is 2. The monoisotopic (exact) mass is 384 g/mol. The van der Waals surface area contributed by atoms with Gasteiger partial charge in [-0.05, 0) is 38.5 Å². The van der Waals surface area contributed by atoms with Crippen molar-refractivity contribution in [3.8, 4) is 5.75 Å². The number of benzene rings is 1. The predicted molar refractivity (Wildman–Crippen MR) is 106 cm³/mol. The Kier molecular flexibility index (Phi) is 6.31. The molecule has 1 aliphatic rings. The van der Waals surface area contributed by atoms with Gasteiger partial charge in [-0.15, -0.1) is 0 Å². The van der Waals surface area contributed by atoms with E-state index in [-0.39, 0.29) is 24.3 Å². The number of fused-ring (bicyclic) bond motifs is 1. The number of rotatable bonds is 7. The van der Waals surface area contributed by atoms with Gasteiger partial charge in [0, 0.05) is 29.4 Å². The van der Waals surface area contributed by atoms with Crippen LogP contribution in [0.15, 0.2) is 30.5 Å². The number of ether oxygens (including phenoxy) is 1. The molecule has 7 nitrogen and oxygen atoms in total. The number of nitrogens with zero attached hydrogens (tertiary/aromatic N) is 1. The lowest BCUT2D eigenvalue weighted by atomic mass is 9.66. The Bertz CT molecular complexity index is 871. The van der Waals surface area contributed by atoms with Crippen LogP contribution in [0, 0.1) is 5.92 Å². The second kappa shape index (κ2) is 8.71. The summed E-state index contributed by atoms with van der Waals surface area (Å²) < 4.78 is 5.66. The van der Waals surface area contributed by atoms with Gasteiger partial charge in [0.15, 0.2) is 5.78 Å². The van der Waals surface area contributed by atoms with Crippen LogP contribution in [0.3, 0.4) is 0 Å². The first-order valence-corrected chi connectivity index (χ1v) is 9.59. The Morgan fingerprint density at radius 3 is 2.79 bits per heavy atom. The Hall–Kier alpha value is -2.45. The van der Waals surface area contributed by atoms with E-state index >= 15 is 0 Å². The van der Waals surface area contributed by atoms with Crippen LogP contribution in [-0.4, -0.2) is 46.5 Å². The summed E-state index contributed by atoms with van der Waals surface area (Å²) in [5.74, 6) is -0.736. The van der Waals surface area contributed by atoms with Crippen molar-refractivity contribution in [3.63, 3.8) is 0 Å². The number of ketones is 1. The van der Waals surface area contributed by atoms with Crippen LogP contribution >= 0.6 is 0 Å². The smallest absolute Gasteiger partial charge is 0.455 e. The maximum Gasteiger partial charge on any atom is 0.455 e. The van der Waals surface area contributed by atoms with Gasteiger partial charge in [-0.25, -0.2) is 0 Å². The fourth-order valence-corrected chi connectivity index (χ4v) is 3.81. The van der Waals surface area contributed by atoms with Gasteiger partial charge in [-0.2, -0.15) is 0 Å². The third kappa shape index (κ3) is 4.51. The zero-order valence-corrected chi connectivity index (χ0v) is 16.1. The predicted octanol–water partition coefficient (Wildman–Crippen LogP) is 1.96. The van der Waals surface area contributed by atoms with E-state index in [1.807, 2.05) is 13.8 Å². The van der Waals surface area contributed by atoms with Gasteiger partial charge in [0.05, 0.1) is 23.7 Å². The van der Waals surface area contributed by atoms with Crippen molar-refractivity contribution in [1.82, 2.24) is 10.3 Å². The Balaban J connectivity index is 1.70. The zero-order valence-electron chi connectivity index (χ0n) is 16.1. The minimum atomic E-state index is -1.50. The van der Waals surface area contributed by atoms with E-state index in [0.717, 1.165) is 6.42 Å². The summed E-state index contributed by atoms with van der Waals surface area (Å²) in [5.41, 5.74) is 1.07. The molecular weight excluding hydrogens is 359 g/mol. The molecule has 1 fully saturated rings. The largest absolute Gasteiger partial charge is 0.491 e. The van der Waals surface area contributed by atoms with E-state index in [1.165, 1.54) is 0 Å². The fourth-order valence-electron chi connectivity index (χ4n) is 3.81. The summed E-state index contributed by atoms with van der Waals surface area (Å²) >= 11 is 0. The maximum absolute atomic E-state index is 12.6. The van der Waals surface area contributed by atoms with E-state index in [9.17, 15) is 19.6 Å². The van der Waals surface area contributed by atoms with Crippen molar-refractivity contribution in [1.29, 1.82) is 0 Å². The van der Waals surface area contributed by atoms with Crippen molar-refractivity contribution in [3.05, 3.63) is 36.0 Å². The number of Topliss-reactive ketones (excluding diaryl/α,β-unsaturated/α-hetero) is 1. The number of hydrogen-bond acceptors (Lipinski definition) is 6. The normalized spacial score (nSPS) is 19.0. The molecule has 1 aromatic carbocycles. The highest BCUT2D eigenvalue weighted by Gasteiger charge is 2.39. The molecule has 0 spiro atoms. The van der Waals surface area contributed by atoms with Gasteiger partial charge in [0.2, 0.25) is 0 Å². The zero-order chi connectivity index (χ0) is 20.3. The number of aromatic nitrogens is 1. The summed E-state index contributed by atoms with van der Waals surface area (Å²) in [6.07, 6.45) is 3.59. The van der Waals surface area contributed by atoms with Gasteiger partial charge in [-0.3, -0.25) is 14.6 Å². The van der Waals surface area contributed by atoms with Crippen LogP contribution in [-0.2, 0) is 4.79 Å². The molecule has 28 heavy (non-hydrogen) atoms. The minimum Gasteiger partial charge on any atom is -0.491 e. The molecule has 148 valence electrons. The summed E-state index contributed by atoms with van der Waals surface area (Å²) in [4.78, 5) is 29.4. The second-order valence-corrected chi connectivity index (χ2v) is 7.47. The Morgan fingerprint density at radius 1 is 1.29 bits per heavy atom. The molecule has 8 heteroatoms. The van der Waals surface area contributed by atoms with Gasteiger partial charge >= 0.3 is 7.12 Å². The van der Waals surface area contributed by atoms with Crippen LogP contribution in [0.1, 0.15) is 43.5 Å². The summed E-state index contributed by atoms with van der Waals surface area (Å²) in [6, 6.07) is 6.97. The number of carbonyl (C=O) groups excluding carboxylic acids is 2. The Labute approximate surface area is 164 Å². The second-order valence-electron chi connectivity index (χ2n) is 7.47. The lowest BCUT2D eigenvalue weighted by Gasteiger charge is -2.17. The van der Waals surface area contributed by atoms with Crippen LogP contribution in [0.25, 0.3) is 10.9 Å². The van der Waals surface area contributed by atoms with E-state index < -0.39 is 18.9 Å². The maximum atomic E-state index is 12.6. The van der Waals surface area contributed by atoms with Gasteiger partial charge in [0.25, 0.3) is 5.91 Å². The van der Waals surface area contributed by atoms with E-state index in [1.54, 1.807) is 30.5 Å². The van der Waals surface area contributed by atoms with Crippen molar-refractivity contribution in [2.75, 3.05) is 6.54 Å². The Morgan fingerprint density at radius 2 is 2.07 bits per heavy atom. The third-order valence-electron chi connectivity index (χ3n) is 5.12. The van der Waals surface area contributed by atoms with Gasteiger partial charge in [-0.1, -0.05) is 12.8 Å². The first kappa shape index (κ1) is 20.3. The van der Waals surface area contributed by atoms with Crippen LogP contribution in [0.2, 0.25) is 5.82 Å². The fraction of sp³-hybridized carbons (Fsp3) is 0.450. The molecule has 1 saturated carbocycles. The molecule has 0 saturated heterocycles. The first-order valence-electron chi connectivity index (χ1n) is 9.59. The molecule has 1 unspecified atom stereocenters. The van der Waals surface area contributed by atoms with Crippen LogP contribution < -0.4 is 10.1 Å². The quantitative estimate of drug-likeness (QED) is 0.630. The molecule has 1 amide bonds. The number of amides is 1.